The fraction of sp³-hybridized carbons (Fsp3) is 0.111. The molecular weight excluding hydrogens is 262 g/mol. The summed E-state index contributed by atoms with van der Waals surface area (Å²) < 4.78 is 5.34. The highest BCUT2D eigenvalue weighted by atomic mass is 16.5. The Morgan fingerprint density at radius 3 is 2.48 bits per heavy atom. The van der Waals surface area contributed by atoms with Gasteiger partial charge in [-0.15, -0.1) is 0 Å². The van der Waals surface area contributed by atoms with Crippen molar-refractivity contribution in [3.8, 4) is 11.1 Å². The number of Topliss-reactive ketones (excluding diaryl/α,β-unsaturated/α-hetero) is 1. The van der Waals surface area contributed by atoms with E-state index in [0.29, 0.717) is 12.2 Å². The van der Waals surface area contributed by atoms with E-state index in [9.17, 15) is 4.79 Å². The van der Waals surface area contributed by atoms with Crippen molar-refractivity contribution in [3.63, 3.8) is 0 Å². The molecule has 0 aliphatic carbocycles. The third kappa shape index (κ3) is 1.94. The highest BCUT2D eigenvalue weighted by Crippen LogP contribution is 2.34. The highest BCUT2D eigenvalue weighted by Gasteiger charge is 2.25. The van der Waals surface area contributed by atoms with Crippen molar-refractivity contribution in [3.05, 3.63) is 65.9 Å². The van der Waals surface area contributed by atoms with Gasteiger partial charge in [-0.2, -0.15) is 0 Å². The van der Waals surface area contributed by atoms with Gasteiger partial charge < -0.3 is 4.74 Å². The first-order valence-electron chi connectivity index (χ1n) is 6.92. The molecule has 0 saturated carbocycles. The lowest BCUT2D eigenvalue weighted by Crippen LogP contribution is -2.20. The average Bonchev–Trinajstić information content (AvgIpc) is 2.54. The van der Waals surface area contributed by atoms with Crippen LogP contribution in [0.3, 0.4) is 0 Å². The number of aromatic nitrogens is 1. The van der Waals surface area contributed by atoms with Gasteiger partial charge in [-0.25, -0.2) is 4.98 Å². The van der Waals surface area contributed by atoms with Crippen LogP contribution in [0, 0.1) is 0 Å². The minimum absolute atomic E-state index is 0.00774. The molecule has 21 heavy (non-hydrogen) atoms. The number of nitrogens with zero attached hydrogens (tertiary/aromatic N) is 1. The van der Waals surface area contributed by atoms with E-state index in [1.54, 1.807) is 0 Å². The van der Waals surface area contributed by atoms with Gasteiger partial charge in [0.15, 0.2) is 5.78 Å². The first-order valence-corrected chi connectivity index (χ1v) is 6.92. The number of benzene rings is 2. The molecule has 3 heteroatoms. The number of fused-ring (bicyclic) bond motifs is 2. The van der Waals surface area contributed by atoms with Gasteiger partial charge in [0, 0.05) is 10.9 Å². The van der Waals surface area contributed by atoms with Gasteiger partial charge in [-0.3, -0.25) is 4.79 Å². The summed E-state index contributed by atoms with van der Waals surface area (Å²) in [5, 5.41) is 1.01. The van der Waals surface area contributed by atoms with E-state index in [1.807, 2.05) is 54.6 Å². The molecule has 3 nitrogen and oxygen atoms in total. The molecule has 102 valence electrons. The SMILES string of the molecule is O=C1COCc2nc3ccccc3c(-c3ccccc3)c21. The van der Waals surface area contributed by atoms with Crippen LogP contribution < -0.4 is 0 Å². The number of rotatable bonds is 1. The van der Waals surface area contributed by atoms with Gasteiger partial charge in [0.2, 0.25) is 0 Å². The van der Waals surface area contributed by atoms with Crippen molar-refractivity contribution in [2.24, 2.45) is 0 Å². The highest BCUT2D eigenvalue weighted by molar-refractivity contribution is 6.11. The summed E-state index contributed by atoms with van der Waals surface area (Å²) in [5.41, 5.74) is 4.37. The molecule has 0 unspecified atom stereocenters. The first kappa shape index (κ1) is 12.2. The Morgan fingerprint density at radius 2 is 1.62 bits per heavy atom. The van der Waals surface area contributed by atoms with Crippen LogP contribution in [0.1, 0.15) is 16.1 Å². The molecule has 0 saturated heterocycles. The minimum atomic E-state index is 0.00774. The Balaban J connectivity index is 2.15. The maximum Gasteiger partial charge on any atom is 0.191 e. The third-order valence-electron chi connectivity index (χ3n) is 3.78. The Morgan fingerprint density at radius 1 is 0.857 bits per heavy atom. The number of carbonyl (C=O) groups is 1. The van der Waals surface area contributed by atoms with Gasteiger partial charge in [0.05, 0.1) is 23.4 Å². The van der Waals surface area contributed by atoms with Crippen LogP contribution in [-0.4, -0.2) is 17.4 Å². The van der Waals surface area contributed by atoms with E-state index in [4.69, 9.17) is 4.74 Å². The molecule has 0 N–H and O–H groups in total. The largest absolute Gasteiger partial charge is 0.367 e. The molecule has 1 aromatic heterocycles. The van der Waals surface area contributed by atoms with Crippen molar-refractivity contribution < 1.29 is 9.53 Å². The number of ether oxygens (including phenoxy) is 1. The van der Waals surface area contributed by atoms with Crippen molar-refractivity contribution >= 4 is 16.7 Å². The first-order chi connectivity index (χ1) is 10.3. The number of carbonyl (C=O) groups excluding carboxylic acids is 1. The summed E-state index contributed by atoms with van der Waals surface area (Å²) in [6, 6.07) is 17.9. The molecule has 0 radical (unpaired) electrons. The summed E-state index contributed by atoms with van der Waals surface area (Å²) in [6.45, 7) is 0.526. The fourth-order valence-corrected chi connectivity index (χ4v) is 2.88. The van der Waals surface area contributed by atoms with Gasteiger partial charge in [-0.05, 0) is 11.6 Å². The molecule has 0 spiro atoms. The van der Waals surface area contributed by atoms with Gasteiger partial charge in [0.25, 0.3) is 0 Å². The molecule has 2 aromatic carbocycles. The molecule has 2 heterocycles. The third-order valence-corrected chi connectivity index (χ3v) is 3.78. The van der Waals surface area contributed by atoms with Crippen molar-refractivity contribution in [1.29, 1.82) is 0 Å². The smallest absolute Gasteiger partial charge is 0.191 e. The number of hydrogen-bond acceptors (Lipinski definition) is 3. The summed E-state index contributed by atoms with van der Waals surface area (Å²) in [5.74, 6) is 0.00774. The number of ketones is 1. The molecule has 0 fully saturated rings. The van der Waals surface area contributed by atoms with E-state index >= 15 is 0 Å². The van der Waals surface area contributed by atoms with Crippen molar-refractivity contribution in [2.45, 2.75) is 6.61 Å². The quantitative estimate of drug-likeness (QED) is 0.681. The van der Waals surface area contributed by atoms with Crippen LogP contribution in [0.2, 0.25) is 0 Å². The Kier molecular flexibility index (Phi) is 2.79. The minimum Gasteiger partial charge on any atom is -0.367 e. The predicted molar refractivity (Wildman–Crippen MR) is 81.2 cm³/mol. The van der Waals surface area contributed by atoms with E-state index < -0.39 is 0 Å². The van der Waals surface area contributed by atoms with Crippen LogP contribution in [-0.2, 0) is 11.3 Å². The maximum atomic E-state index is 12.4. The average molecular weight is 275 g/mol. The standard InChI is InChI=1S/C18H13NO2/c20-16-11-21-10-15-18(16)17(12-6-2-1-3-7-12)13-8-4-5-9-14(13)19-15/h1-9H,10-11H2. The van der Waals surface area contributed by atoms with E-state index in [2.05, 4.69) is 4.98 Å². The summed E-state index contributed by atoms with van der Waals surface area (Å²) in [7, 11) is 0. The van der Waals surface area contributed by atoms with E-state index in [1.165, 1.54) is 0 Å². The second-order valence-corrected chi connectivity index (χ2v) is 5.11. The number of hydrogen-bond donors (Lipinski definition) is 0. The second kappa shape index (κ2) is 4.79. The van der Waals surface area contributed by atoms with Crippen LogP contribution in [0.15, 0.2) is 54.6 Å². The molecule has 1 aliphatic rings. The fourth-order valence-electron chi connectivity index (χ4n) is 2.88. The second-order valence-electron chi connectivity index (χ2n) is 5.11. The molecular formula is C18H13NO2. The number of pyridine rings is 1. The van der Waals surface area contributed by atoms with Gasteiger partial charge in [0.1, 0.15) is 6.61 Å². The van der Waals surface area contributed by atoms with Crippen molar-refractivity contribution in [1.82, 2.24) is 4.98 Å². The zero-order valence-electron chi connectivity index (χ0n) is 11.4. The monoisotopic (exact) mass is 275 g/mol. The Hall–Kier alpha value is -2.52. The summed E-state index contributed by atoms with van der Waals surface area (Å²) >= 11 is 0. The maximum absolute atomic E-state index is 12.4. The Bertz CT molecular complexity index is 840. The zero-order valence-corrected chi connectivity index (χ0v) is 11.4. The molecule has 4 rings (SSSR count). The van der Waals surface area contributed by atoms with Gasteiger partial charge >= 0.3 is 0 Å². The van der Waals surface area contributed by atoms with Crippen molar-refractivity contribution in [2.75, 3.05) is 6.61 Å². The lowest BCUT2D eigenvalue weighted by atomic mass is 9.91. The van der Waals surface area contributed by atoms with Crippen LogP contribution in [0.5, 0.6) is 0 Å². The molecule has 0 bridgehead atoms. The molecule has 0 atom stereocenters. The summed E-state index contributed by atoms with van der Waals surface area (Å²) in [6.07, 6.45) is 0. The van der Waals surface area contributed by atoms with Gasteiger partial charge in [-0.1, -0.05) is 48.5 Å². The Labute approximate surface area is 122 Å². The number of para-hydroxylation sites is 1. The topological polar surface area (TPSA) is 39.2 Å². The predicted octanol–water partition coefficient (Wildman–Crippen LogP) is 3.61. The molecule has 0 amide bonds. The normalized spacial score (nSPS) is 14.2. The van der Waals surface area contributed by atoms with E-state index in [0.717, 1.165) is 27.7 Å². The van der Waals surface area contributed by atoms with Crippen LogP contribution in [0.4, 0.5) is 0 Å². The molecule has 3 aromatic rings. The molecule has 1 aliphatic heterocycles. The van der Waals surface area contributed by atoms with E-state index in [-0.39, 0.29) is 12.4 Å². The van der Waals surface area contributed by atoms with Crippen LogP contribution >= 0.6 is 0 Å². The van der Waals surface area contributed by atoms with Crippen LogP contribution in [0.25, 0.3) is 22.0 Å². The lowest BCUT2D eigenvalue weighted by Gasteiger charge is -2.20. The zero-order chi connectivity index (χ0) is 14.2. The lowest BCUT2D eigenvalue weighted by molar-refractivity contribution is 0.0657. The summed E-state index contributed by atoms with van der Waals surface area (Å²) in [4.78, 5) is 17.0.